The van der Waals surface area contributed by atoms with E-state index in [1.807, 2.05) is 19.1 Å². The van der Waals surface area contributed by atoms with Gasteiger partial charge in [0.05, 0.1) is 12.7 Å². The predicted molar refractivity (Wildman–Crippen MR) is 102 cm³/mol. The van der Waals surface area contributed by atoms with E-state index in [0.717, 1.165) is 11.1 Å². The fraction of sp³-hybridized carbons (Fsp3) is 0.143. The van der Waals surface area contributed by atoms with Crippen LogP contribution in [0.4, 0.5) is 4.39 Å². The van der Waals surface area contributed by atoms with E-state index < -0.39 is 11.7 Å². The van der Waals surface area contributed by atoms with Crippen molar-refractivity contribution in [1.82, 2.24) is 19.9 Å². The third-order valence-corrected chi connectivity index (χ3v) is 4.46. The van der Waals surface area contributed by atoms with Gasteiger partial charge in [-0.3, -0.25) is 4.79 Å². The maximum Gasteiger partial charge on any atom is 0.224 e. The minimum Gasteiger partial charge on any atom is -0.481 e. The second-order valence-corrected chi connectivity index (χ2v) is 6.47. The van der Waals surface area contributed by atoms with Gasteiger partial charge in [0.15, 0.2) is 5.78 Å². The topological polar surface area (TPSA) is 80.8 Å². The van der Waals surface area contributed by atoms with Crippen molar-refractivity contribution in [1.29, 1.82) is 0 Å². The first-order valence-corrected chi connectivity index (χ1v) is 8.68. The summed E-state index contributed by atoms with van der Waals surface area (Å²) in [5.41, 5.74) is 3.19. The fourth-order valence-corrected chi connectivity index (χ4v) is 3.03. The number of methoxy groups -OCH3 is 1. The van der Waals surface area contributed by atoms with Gasteiger partial charge in [-0.05, 0) is 36.2 Å². The molecule has 4 aromatic rings. The molecule has 0 bridgehead atoms. The number of aromatic amines is 1. The number of rotatable bonds is 5. The van der Waals surface area contributed by atoms with E-state index in [9.17, 15) is 9.18 Å². The predicted octanol–water partition coefficient (Wildman–Crippen LogP) is 3.63. The maximum absolute atomic E-state index is 14.6. The Hall–Kier alpha value is -3.61. The Bertz CT molecular complexity index is 1170. The van der Waals surface area contributed by atoms with Crippen molar-refractivity contribution in [3.63, 3.8) is 0 Å². The molecule has 0 fully saturated rings. The van der Waals surface area contributed by atoms with E-state index >= 15 is 0 Å². The highest BCUT2D eigenvalue weighted by Gasteiger charge is 2.19. The van der Waals surface area contributed by atoms with Gasteiger partial charge in [-0.15, -0.1) is 0 Å². The Morgan fingerprint density at radius 3 is 2.71 bits per heavy atom. The first-order chi connectivity index (χ1) is 13.5. The first-order valence-electron chi connectivity index (χ1n) is 8.68. The summed E-state index contributed by atoms with van der Waals surface area (Å²) in [6.07, 6.45) is 5.31. The van der Waals surface area contributed by atoms with E-state index in [4.69, 9.17) is 4.74 Å². The van der Waals surface area contributed by atoms with Crippen molar-refractivity contribution in [2.24, 2.45) is 0 Å². The molecule has 0 spiro atoms. The number of aromatic nitrogens is 4. The number of hydrogen-bond donors (Lipinski definition) is 1. The van der Waals surface area contributed by atoms with Crippen molar-refractivity contribution < 1.29 is 13.9 Å². The number of carbonyl (C=O) groups is 1. The van der Waals surface area contributed by atoms with Crippen LogP contribution in [0, 0.1) is 12.9 Å². The van der Waals surface area contributed by atoms with Gasteiger partial charge in [0.1, 0.15) is 5.65 Å². The average Bonchev–Trinajstić information content (AvgIpc) is 3.11. The number of ether oxygens (including phenoxy) is 1. The van der Waals surface area contributed by atoms with Crippen molar-refractivity contribution in [2.45, 2.75) is 13.3 Å². The van der Waals surface area contributed by atoms with Crippen LogP contribution in [-0.2, 0) is 6.42 Å². The van der Waals surface area contributed by atoms with Crippen molar-refractivity contribution in [2.75, 3.05) is 7.11 Å². The summed E-state index contributed by atoms with van der Waals surface area (Å²) in [6, 6.07) is 8.54. The quantitative estimate of drug-likeness (QED) is 0.425. The van der Waals surface area contributed by atoms with E-state index in [2.05, 4.69) is 19.9 Å². The molecule has 0 aliphatic carbocycles. The molecule has 6 nitrogen and oxygen atoms in total. The number of aryl methyl sites for hydroxylation is 1. The van der Waals surface area contributed by atoms with Crippen LogP contribution in [0.25, 0.3) is 11.0 Å². The molecule has 0 unspecified atom stereocenters. The summed E-state index contributed by atoms with van der Waals surface area (Å²) < 4.78 is 19.6. The molecule has 4 aromatic heterocycles. The number of nitrogens with zero attached hydrogens (tertiary/aromatic N) is 3. The number of nitrogens with one attached hydrogen (secondary N) is 1. The molecule has 0 amide bonds. The van der Waals surface area contributed by atoms with Crippen molar-refractivity contribution >= 4 is 16.8 Å². The number of pyridine rings is 3. The summed E-state index contributed by atoms with van der Waals surface area (Å²) in [5.74, 6) is -0.715. The number of carbonyl (C=O) groups excluding carboxylic acids is 1. The molecule has 0 aliphatic heterocycles. The van der Waals surface area contributed by atoms with Crippen LogP contribution in [0.2, 0.25) is 0 Å². The largest absolute Gasteiger partial charge is 0.481 e. The minimum atomic E-state index is -0.793. The molecule has 0 atom stereocenters. The molecular weight excluding hydrogens is 359 g/mol. The van der Waals surface area contributed by atoms with Crippen LogP contribution < -0.4 is 4.74 Å². The minimum absolute atomic E-state index is 0.0704. The van der Waals surface area contributed by atoms with Crippen LogP contribution in [0.15, 0.2) is 48.9 Å². The molecular formula is C21H17FN4O2. The van der Waals surface area contributed by atoms with Gasteiger partial charge in [0.2, 0.25) is 11.8 Å². The molecule has 0 saturated carbocycles. The zero-order chi connectivity index (χ0) is 19.7. The molecule has 4 heterocycles. The van der Waals surface area contributed by atoms with Crippen LogP contribution in [0.1, 0.15) is 32.7 Å². The van der Waals surface area contributed by atoms with Gasteiger partial charge in [-0.2, -0.15) is 4.39 Å². The van der Waals surface area contributed by atoms with Crippen LogP contribution in [-0.4, -0.2) is 32.8 Å². The zero-order valence-corrected chi connectivity index (χ0v) is 15.4. The molecule has 0 aromatic carbocycles. The summed E-state index contributed by atoms with van der Waals surface area (Å²) in [7, 11) is 1.54. The Balaban J connectivity index is 1.61. The van der Waals surface area contributed by atoms with Crippen LogP contribution in [0.5, 0.6) is 5.88 Å². The van der Waals surface area contributed by atoms with Crippen molar-refractivity contribution in [3.05, 3.63) is 82.8 Å². The lowest BCUT2D eigenvalue weighted by Crippen LogP contribution is -2.07. The fourth-order valence-electron chi connectivity index (χ4n) is 3.03. The Morgan fingerprint density at radius 1 is 1.14 bits per heavy atom. The van der Waals surface area contributed by atoms with E-state index in [1.165, 1.54) is 6.07 Å². The van der Waals surface area contributed by atoms with Gasteiger partial charge >= 0.3 is 0 Å². The highest BCUT2D eigenvalue weighted by atomic mass is 19.1. The molecule has 28 heavy (non-hydrogen) atoms. The third kappa shape index (κ3) is 3.34. The molecule has 4 rings (SSSR count). The van der Waals surface area contributed by atoms with Gasteiger partial charge in [0, 0.05) is 47.7 Å². The van der Waals surface area contributed by atoms with Crippen LogP contribution >= 0.6 is 0 Å². The lowest BCUT2D eigenvalue weighted by Gasteiger charge is -2.06. The smallest absolute Gasteiger partial charge is 0.224 e. The normalized spacial score (nSPS) is 11.0. The Morgan fingerprint density at radius 2 is 2.00 bits per heavy atom. The van der Waals surface area contributed by atoms with Crippen molar-refractivity contribution in [3.8, 4) is 5.88 Å². The molecule has 140 valence electrons. The Kier molecular flexibility index (Phi) is 4.57. The zero-order valence-electron chi connectivity index (χ0n) is 15.4. The number of hydrogen-bond acceptors (Lipinski definition) is 5. The molecule has 0 radical (unpaired) electrons. The Labute approximate surface area is 160 Å². The summed E-state index contributed by atoms with van der Waals surface area (Å²) in [5, 5.41) is 0.665. The summed E-state index contributed by atoms with van der Waals surface area (Å²) in [4.78, 5) is 28.1. The molecule has 7 heteroatoms. The standard InChI is InChI=1S/C21H17FN4O2/c1-12-7-16-17(11-25-21(16)24-9-12)19(27)15-5-4-14(26-20(15)22)8-13-3-6-18(28-2)23-10-13/h3-7,9-11H,8H2,1-2H3,(H,24,25). The van der Waals surface area contributed by atoms with Gasteiger partial charge < -0.3 is 9.72 Å². The lowest BCUT2D eigenvalue weighted by atomic mass is 10.0. The van der Waals surface area contributed by atoms with Gasteiger partial charge in [-0.1, -0.05) is 6.07 Å². The second-order valence-electron chi connectivity index (χ2n) is 6.47. The van der Waals surface area contributed by atoms with E-state index in [-0.39, 0.29) is 5.56 Å². The number of ketones is 1. The average molecular weight is 376 g/mol. The number of halogens is 1. The highest BCUT2D eigenvalue weighted by Crippen LogP contribution is 2.22. The highest BCUT2D eigenvalue weighted by molar-refractivity contribution is 6.15. The molecule has 0 saturated heterocycles. The monoisotopic (exact) mass is 376 g/mol. The third-order valence-electron chi connectivity index (χ3n) is 4.46. The van der Waals surface area contributed by atoms with E-state index in [1.54, 1.807) is 37.8 Å². The van der Waals surface area contributed by atoms with Gasteiger partial charge in [-0.25, -0.2) is 15.0 Å². The molecule has 1 N–H and O–H groups in total. The van der Waals surface area contributed by atoms with Crippen LogP contribution in [0.3, 0.4) is 0 Å². The second kappa shape index (κ2) is 7.19. The number of fused-ring (bicyclic) bond motifs is 1. The SMILES string of the molecule is COc1ccc(Cc2ccc(C(=O)c3c[nH]c4ncc(C)cc34)c(F)n2)cn1. The first kappa shape index (κ1) is 17.8. The molecule has 0 aliphatic rings. The lowest BCUT2D eigenvalue weighted by molar-refractivity contribution is 0.103. The summed E-state index contributed by atoms with van der Waals surface area (Å²) >= 11 is 0. The van der Waals surface area contributed by atoms with Gasteiger partial charge in [0.25, 0.3) is 0 Å². The maximum atomic E-state index is 14.6. The summed E-state index contributed by atoms with van der Waals surface area (Å²) in [6.45, 7) is 1.89. The van der Waals surface area contributed by atoms with E-state index in [0.29, 0.717) is 34.6 Å². The number of H-pyrrole nitrogens is 1.